The van der Waals surface area contributed by atoms with Crippen LogP contribution in [0.5, 0.6) is 5.75 Å². The molecule has 0 saturated heterocycles. The third kappa shape index (κ3) is 3.07. The SMILES string of the molecule is COc1ccc(C[C@H](C)C(=O)S)cc1. The molecule has 3 heteroatoms. The monoisotopic (exact) mass is 210 g/mol. The van der Waals surface area contributed by atoms with Crippen molar-refractivity contribution in [3.8, 4) is 5.75 Å². The maximum absolute atomic E-state index is 10.9. The highest BCUT2D eigenvalue weighted by Gasteiger charge is 2.08. The third-order valence-corrected chi connectivity index (χ3v) is 2.56. The minimum absolute atomic E-state index is 0.0354. The van der Waals surface area contributed by atoms with Gasteiger partial charge in [-0.15, -0.1) is 12.6 Å². The highest BCUT2D eigenvalue weighted by atomic mass is 32.1. The molecule has 0 spiro atoms. The molecule has 1 aromatic rings. The van der Waals surface area contributed by atoms with Gasteiger partial charge in [-0.25, -0.2) is 0 Å². The van der Waals surface area contributed by atoms with Gasteiger partial charge >= 0.3 is 0 Å². The molecule has 0 aliphatic rings. The van der Waals surface area contributed by atoms with E-state index in [0.29, 0.717) is 0 Å². The van der Waals surface area contributed by atoms with Gasteiger partial charge in [0.2, 0.25) is 0 Å². The first kappa shape index (κ1) is 11.1. The van der Waals surface area contributed by atoms with E-state index in [1.807, 2.05) is 31.2 Å². The lowest BCUT2D eigenvalue weighted by molar-refractivity contribution is -0.113. The van der Waals surface area contributed by atoms with Gasteiger partial charge in [0.05, 0.1) is 7.11 Å². The van der Waals surface area contributed by atoms with Crippen molar-refractivity contribution in [2.45, 2.75) is 13.3 Å². The summed E-state index contributed by atoms with van der Waals surface area (Å²) in [5, 5.41) is -0.0687. The number of carbonyl (C=O) groups excluding carboxylic acids is 1. The van der Waals surface area contributed by atoms with E-state index in [9.17, 15) is 4.79 Å². The first-order valence-corrected chi connectivity index (χ1v) is 4.94. The van der Waals surface area contributed by atoms with E-state index >= 15 is 0 Å². The number of hydrogen-bond donors (Lipinski definition) is 1. The molecule has 0 aromatic heterocycles. The summed E-state index contributed by atoms with van der Waals surface area (Å²) in [6.45, 7) is 1.87. The van der Waals surface area contributed by atoms with E-state index < -0.39 is 0 Å². The highest BCUT2D eigenvalue weighted by Crippen LogP contribution is 2.15. The van der Waals surface area contributed by atoms with Crippen LogP contribution in [-0.4, -0.2) is 12.2 Å². The van der Waals surface area contributed by atoms with Crippen LogP contribution < -0.4 is 4.74 Å². The van der Waals surface area contributed by atoms with Crippen LogP contribution in [0, 0.1) is 5.92 Å². The van der Waals surface area contributed by atoms with E-state index in [0.717, 1.165) is 17.7 Å². The van der Waals surface area contributed by atoms with Crippen LogP contribution in [0.15, 0.2) is 24.3 Å². The zero-order valence-corrected chi connectivity index (χ0v) is 9.25. The second kappa shape index (κ2) is 5.05. The molecule has 0 N–H and O–H groups in total. The normalized spacial score (nSPS) is 12.2. The van der Waals surface area contributed by atoms with Crippen molar-refractivity contribution in [1.29, 1.82) is 0 Å². The van der Waals surface area contributed by atoms with E-state index in [1.54, 1.807) is 7.11 Å². The van der Waals surface area contributed by atoms with Gasteiger partial charge < -0.3 is 4.74 Å². The minimum Gasteiger partial charge on any atom is -0.497 e. The Morgan fingerprint density at radius 1 is 1.43 bits per heavy atom. The molecular formula is C11H14O2S. The van der Waals surface area contributed by atoms with Crippen molar-refractivity contribution >= 4 is 17.7 Å². The molecular weight excluding hydrogens is 196 g/mol. The maximum Gasteiger partial charge on any atom is 0.189 e. The van der Waals surface area contributed by atoms with Crippen molar-refractivity contribution in [3.05, 3.63) is 29.8 Å². The molecule has 0 fully saturated rings. The van der Waals surface area contributed by atoms with Crippen LogP contribution in [0.25, 0.3) is 0 Å². The van der Waals surface area contributed by atoms with Crippen molar-refractivity contribution < 1.29 is 9.53 Å². The Kier molecular flexibility index (Phi) is 4.01. The molecule has 0 amide bonds. The number of hydrogen-bond acceptors (Lipinski definition) is 2. The van der Waals surface area contributed by atoms with E-state index in [-0.39, 0.29) is 11.0 Å². The van der Waals surface area contributed by atoms with E-state index in [1.165, 1.54) is 0 Å². The fourth-order valence-electron chi connectivity index (χ4n) is 1.20. The third-order valence-electron chi connectivity index (χ3n) is 2.12. The molecule has 0 aliphatic heterocycles. The molecule has 0 unspecified atom stereocenters. The second-order valence-electron chi connectivity index (χ2n) is 3.29. The Morgan fingerprint density at radius 2 is 2.00 bits per heavy atom. The van der Waals surface area contributed by atoms with Crippen LogP contribution in [-0.2, 0) is 11.2 Å². The van der Waals surface area contributed by atoms with Gasteiger partial charge in [-0.1, -0.05) is 19.1 Å². The summed E-state index contributed by atoms with van der Waals surface area (Å²) in [7, 11) is 1.63. The Hall–Kier alpha value is -0.960. The Labute approximate surface area is 89.7 Å². The summed E-state index contributed by atoms with van der Waals surface area (Å²) in [5.74, 6) is 0.797. The van der Waals surface area contributed by atoms with Gasteiger partial charge in [0.25, 0.3) is 0 Å². The standard InChI is InChI=1S/C11H14O2S/c1-8(11(12)14)7-9-3-5-10(13-2)6-4-9/h3-6,8H,7H2,1-2H3,(H,12,14)/t8-/m0/s1. The summed E-state index contributed by atoms with van der Waals surface area (Å²) in [6.07, 6.45) is 0.728. The molecule has 14 heavy (non-hydrogen) atoms. The van der Waals surface area contributed by atoms with E-state index in [4.69, 9.17) is 4.74 Å². The van der Waals surface area contributed by atoms with Gasteiger partial charge in [-0.05, 0) is 24.1 Å². The maximum atomic E-state index is 10.9. The van der Waals surface area contributed by atoms with Gasteiger partial charge in [0.15, 0.2) is 5.12 Å². The Morgan fingerprint density at radius 3 is 2.43 bits per heavy atom. The number of ether oxygens (including phenoxy) is 1. The predicted molar refractivity (Wildman–Crippen MR) is 59.9 cm³/mol. The fraction of sp³-hybridized carbons (Fsp3) is 0.364. The topological polar surface area (TPSA) is 26.3 Å². The number of methoxy groups -OCH3 is 1. The minimum atomic E-state index is -0.0687. The molecule has 2 nitrogen and oxygen atoms in total. The Bertz CT molecular complexity index is 306. The van der Waals surface area contributed by atoms with Gasteiger partial charge in [0, 0.05) is 5.92 Å². The lowest BCUT2D eigenvalue weighted by Gasteiger charge is -2.07. The quantitative estimate of drug-likeness (QED) is 0.772. The molecule has 1 atom stereocenters. The van der Waals surface area contributed by atoms with Gasteiger partial charge in [-0.3, -0.25) is 4.79 Å². The lowest BCUT2D eigenvalue weighted by atomic mass is 10.0. The summed E-state index contributed by atoms with van der Waals surface area (Å²) >= 11 is 3.80. The average Bonchev–Trinajstić information content (AvgIpc) is 2.19. The van der Waals surface area contributed by atoms with Crippen molar-refractivity contribution in [2.75, 3.05) is 7.11 Å². The van der Waals surface area contributed by atoms with Crippen LogP contribution >= 0.6 is 12.6 Å². The van der Waals surface area contributed by atoms with Crippen LogP contribution in [0.2, 0.25) is 0 Å². The largest absolute Gasteiger partial charge is 0.497 e. The molecule has 0 bridgehead atoms. The number of benzene rings is 1. The van der Waals surface area contributed by atoms with Crippen LogP contribution in [0.1, 0.15) is 12.5 Å². The van der Waals surface area contributed by atoms with Crippen LogP contribution in [0.4, 0.5) is 0 Å². The fourth-order valence-corrected chi connectivity index (χ4v) is 1.29. The molecule has 76 valence electrons. The number of rotatable bonds is 4. The number of carbonyl (C=O) groups is 1. The summed E-state index contributed by atoms with van der Waals surface area (Å²) in [5.41, 5.74) is 1.13. The molecule has 0 saturated carbocycles. The first-order chi connectivity index (χ1) is 6.63. The van der Waals surface area contributed by atoms with Gasteiger partial charge in [0.1, 0.15) is 5.75 Å². The summed E-state index contributed by atoms with van der Waals surface area (Å²) in [6, 6.07) is 7.72. The lowest BCUT2D eigenvalue weighted by Crippen LogP contribution is -2.07. The summed E-state index contributed by atoms with van der Waals surface area (Å²) < 4.78 is 5.04. The van der Waals surface area contributed by atoms with Crippen molar-refractivity contribution in [2.24, 2.45) is 5.92 Å². The Balaban J connectivity index is 2.64. The average molecular weight is 210 g/mol. The predicted octanol–water partition coefficient (Wildman–Crippen LogP) is 2.33. The van der Waals surface area contributed by atoms with E-state index in [2.05, 4.69) is 12.6 Å². The van der Waals surface area contributed by atoms with Gasteiger partial charge in [-0.2, -0.15) is 0 Å². The van der Waals surface area contributed by atoms with Crippen molar-refractivity contribution in [1.82, 2.24) is 0 Å². The molecule has 1 rings (SSSR count). The number of thiol groups is 1. The molecule has 1 aromatic carbocycles. The first-order valence-electron chi connectivity index (χ1n) is 4.49. The molecule has 0 radical (unpaired) electrons. The zero-order chi connectivity index (χ0) is 10.6. The zero-order valence-electron chi connectivity index (χ0n) is 8.36. The summed E-state index contributed by atoms with van der Waals surface area (Å²) in [4.78, 5) is 10.9. The van der Waals surface area contributed by atoms with Crippen molar-refractivity contribution in [3.63, 3.8) is 0 Å². The van der Waals surface area contributed by atoms with Crippen LogP contribution in [0.3, 0.4) is 0 Å². The smallest absolute Gasteiger partial charge is 0.189 e. The molecule has 0 heterocycles. The second-order valence-corrected chi connectivity index (χ2v) is 3.73. The highest BCUT2D eigenvalue weighted by molar-refractivity contribution is 7.96. The molecule has 0 aliphatic carbocycles.